The van der Waals surface area contributed by atoms with Crippen molar-refractivity contribution < 1.29 is 9.53 Å². The lowest BCUT2D eigenvalue weighted by molar-refractivity contribution is 0.102. The molecule has 148 valence electrons. The van der Waals surface area contributed by atoms with E-state index in [4.69, 9.17) is 17.0 Å². The highest BCUT2D eigenvalue weighted by molar-refractivity contribution is 7.80. The Labute approximate surface area is 176 Å². The van der Waals surface area contributed by atoms with Crippen LogP contribution in [0.5, 0.6) is 5.75 Å². The van der Waals surface area contributed by atoms with Crippen LogP contribution in [0, 0.1) is 13.8 Å². The zero-order valence-electron chi connectivity index (χ0n) is 16.7. The van der Waals surface area contributed by atoms with Gasteiger partial charge in [-0.1, -0.05) is 42.5 Å². The van der Waals surface area contributed by atoms with Gasteiger partial charge >= 0.3 is 0 Å². The number of carbonyl (C=O) groups is 1. The van der Waals surface area contributed by atoms with E-state index in [-0.39, 0.29) is 17.1 Å². The molecule has 0 aliphatic rings. The van der Waals surface area contributed by atoms with Crippen LogP contribution in [0.25, 0.3) is 0 Å². The van der Waals surface area contributed by atoms with Crippen LogP contribution in [0.3, 0.4) is 0 Å². The van der Waals surface area contributed by atoms with Crippen molar-refractivity contribution in [1.82, 2.24) is 5.32 Å². The zero-order chi connectivity index (χ0) is 20.8. The molecule has 0 heterocycles. The van der Waals surface area contributed by atoms with Gasteiger partial charge in [-0.05, 0) is 80.0 Å². The van der Waals surface area contributed by atoms with E-state index in [1.165, 1.54) is 5.56 Å². The van der Waals surface area contributed by atoms with E-state index in [1.54, 1.807) is 24.3 Å². The standard InChI is InChI=1S/C24H24N2O2S/c1-16-12-13-21(14-17(16)2)26-23(27)20-10-7-11-22(15-20)28-24(29)25-18(3)19-8-5-4-6-9-19/h4-15,18H,1-3H3,(H,25,29)(H,26,27)/t18-/m0/s1. The van der Waals surface area contributed by atoms with Gasteiger partial charge in [0.1, 0.15) is 5.75 Å². The van der Waals surface area contributed by atoms with Gasteiger partial charge in [0, 0.05) is 11.3 Å². The fraction of sp³-hybridized carbons (Fsp3) is 0.167. The minimum atomic E-state index is -0.199. The normalized spacial score (nSPS) is 11.4. The molecule has 0 aromatic heterocycles. The number of ether oxygens (including phenoxy) is 1. The summed E-state index contributed by atoms with van der Waals surface area (Å²) < 4.78 is 5.72. The Kier molecular flexibility index (Phi) is 6.62. The van der Waals surface area contributed by atoms with E-state index in [1.807, 2.05) is 69.3 Å². The summed E-state index contributed by atoms with van der Waals surface area (Å²) in [4.78, 5) is 12.6. The smallest absolute Gasteiger partial charge is 0.262 e. The van der Waals surface area contributed by atoms with Crippen LogP contribution in [0.15, 0.2) is 72.8 Å². The fourth-order valence-corrected chi connectivity index (χ4v) is 3.13. The summed E-state index contributed by atoms with van der Waals surface area (Å²) in [5, 5.41) is 6.33. The largest absolute Gasteiger partial charge is 0.432 e. The average Bonchev–Trinajstić information content (AvgIpc) is 2.71. The summed E-state index contributed by atoms with van der Waals surface area (Å²) in [6, 6.07) is 22.8. The molecule has 4 nitrogen and oxygen atoms in total. The van der Waals surface area contributed by atoms with Gasteiger partial charge in [-0.3, -0.25) is 4.79 Å². The molecule has 3 rings (SSSR count). The minimum absolute atomic E-state index is 0.0139. The van der Waals surface area contributed by atoms with Crippen molar-refractivity contribution in [2.75, 3.05) is 5.32 Å². The number of benzene rings is 3. The van der Waals surface area contributed by atoms with Crippen LogP contribution in [0.2, 0.25) is 0 Å². The first-order valence-electron chi connectivity index (χ1n) is 9.44. The Hall–Kier alpha value is -3.18. The molecule has 3 aromatic carbocycles. The van der Waals surface area contributed by atoms with E-state index in [0.29, 0.717) is 11.3 Å². The van der Waals surface area contributed by atoms with Crippen molar-refractivity contribution in [1.29, 1.82) is 0 Å². The van der Waals surface area contributed by atoms with Gasteiger partial charge in [-0.2, -0.15) is 0 Å². The van der Waals surface area contributed by atoms with Gasteiger partial charge in [0.2, 0.25) is 0 Å². The van der Waals surface area contributed by atoms with E-state index < -0.39 is 0 Å². The first kappa shape index (κ1) is 20.6. The first-order valence-corrected chi connectivity index (χ1v) is 9.85. The Morgan fingerprint density at radius 2 is 1.69 bits per heavy atom. The monoisotopic (exact) mass is 404 g/mol. The Bertz CT molecular complexity index is 1020. The topological polar surface area (TPSA) is 50.4 Å². The molecule has 0 radical (unpaired) electrons. The second-order valence-electron chi connectivity index (χ2n) is 6.95. The minimum Gasteiger partial charge on any atom is -0.432 e. The SMILES string of the molecule is Cc1ccc(NC(=O)c2cccc(OC(=S)N[C@@H](C)c3ccccc3)c2)cc1C. The number of rotatable bonds is 5. The van der Waals surface area contributed by atoms with Gasteiger partial charge in [0.05, 0.1) is 6.04 Å². The lowest BCUT2D eigenvalue weighted by Gasteiger charge is -2.16. The number of hydrogen-bond donors (Lipinski definition) is 2. The first-order chi connectivity index (χ1) is 13.9. The zero-order valence-corrected chi connectivity index (χ0v) is 17.5. The fourth-order valence-electron chi connectivity index (χ4n) is 2.86. The molecular formula is C24H24N2O2S. The third-order valence-electron chi connectivity index (χ3n) is 4.71. The average molecular weight is 405 g/mol. The number of anilines is 1. The van der Waals surface area contributed by atoms with E-state index in [0.717, 1.165) is 16.8 Å². The van der Waals surface area contributed by atoms with Crippen LogP contribution in [0.4, 0.5) is 5.69 Å². The lowest BCUT2D eigenvalue weighted by atomic mass is 10.1. The molecule has 29 heavy (non-hydrogen) atoms. The van der Waals surface area contributed by atoms with Crippen LogP contribution in [-0.2, 0) is 0 Å². The molecule has 0 saturated carbocycles. The molecule has 0 bridgehead atoms. The summed E-state index contributed by atoms with van der Waals surface area (Å²) in [7, 11) is 0. The number of amides is 1. The predicted octanol–water partition coefficient (Wildman–Crippen LogP) is 5.57. The second kappa shape index (κ2) is 9.34. The molecule has 0 fully saturated rings. The number of hydrogen-bond acceptors (Lipinski definition) is 3. The quantitative estimate of drug-likeness (QED) is 0.546. The predicted molar refractivity (Wildman–Crippen MR) is 122 cm³/mol. The number of thiocarbonyl (C=S) groups is 1. The maximum Gasteiger partial charge on any atom is 0.262 e. The van der Waals surface area contributed by atoms with Crippen LogP contribution < -0.4 is 15.4 Å². The van der Waals surface area contributed by atoms with Gasteiger partial charge < -0.3 is 15.4 Å². The summed E-state index contributed by atoms with van der Waals surface area (Å²) in [5.74, 6) is 0.311. The maximum atomic E-state index is 12.6. The molecule has 0 saturated heterocycles. The molecular weight excluding hydrogens is 380 g/mol. The molecule has 0 aliphatic heterocycles. The molecule has 1 amide bonds. The van der Waals surface area contributed by atoms with Crippen molar-refractivity contribution >= 4 is 29.0 Å². The number of aryl methyl sites for hydroxylation is 2. The molecule has 0 aliphatic carbocycles. The van der Waals surface area contributed by atoms with E-state index >= 15 is 0 Å². The Morgan fingerprint density at radius 1 is 0.931 bits per heavy atom. The summed E-state index contributed by atoms with van der Waals surface area (Å²) in [6.45, 7) is 6.07. The molecule has 0 unspecified atom stereocenters. The van der Waals surface area contributed by atoms with Crippen LogP contribution in [-0.4, -0.2) is 11.1 Å². The van der Waals surface area contributed by atoms with Gasteiger partial charge in [0.15, 0.2) is 0 Å². The summed E-state index contributed by atoms with van der Waals surface area (Å²) >= 11 is 5.32. The van der Waals surface area contributed by atoms with Gasteiger partial charge in [0.25, 0.3) is 11.1 Å². The van der Waals surface area contributed by atoms with E-state index in [2.05, 4.69) is 10.6 Å². The lowest BCUT2D eigenvalue weighted by Crippen LogP contribution is -2.29. The highest BCUT2D eigenvalue weighted by atomic mass is 32.1. The summed E-state index contributed by atoms with van der Waals surface area (Å²) in [5.41, 5.74) is 4.69. The van der Waals surface area contributed by atoms with Crippen molar-refractivity contribution in [3.63, 3.8) is 0 Å². The maximum absolute atomic E-state index is 12.6. The molecule has 5 heteroatoms. The molecule has 2 N–H and O–H groups in total. The third kappa shape index (κ3) is 5.65. The Balaban J connectivity index is 1.63. The third-order valence-corrected chi connectivity index (χ3v) is 4.91. The molecule has 0 spiro atoms. The highest BCUT2D eigenvalue weighted by Gasteiger charge is 2.11. The summed E-state index contributed by atoms with van der Waals surface area (Å²) in [6.07, 6.45) is 0. The van der Waals surface area contributed by atoms with Crippen LogP contribution >= 0.6 is 12.2 Å². The Morgan fingerprint density at radius 3 is 2.41 bits per heavy atom. The number of nitrogens with one attached hydrogen (secondary N) is 2. The van der Waals surface area contributed by atoms with Gasteiger partial charge in [-0.15, -0.1) is 0 Å². The van der Waals surface area contributed by atoms with Crippen molar-refractivity contribution in [2.24, 2.45) is 0 Å². The van der Waals surface area contributed by atoms with E-state index in [9.17, 15) is 4.79 Å². The molecule has 1 atom stereocenters. The van der Waals surface area contributed by atoms with Crippen molar-refractivity contribution in [3.8, 4) is 5.75 Å². The van der Waals surface area contributed by atoms with Gasteiger partial charge in [-0.25, -0.2) is 0 Å². The molecule has 3 aromatic rings. The van der Waals surface area contributed by atoms with Crippen molar-refractivity contribution in [2.45, 2.75) is 26.8 Å². The van der Waals surface area contributed by atoms with Crippen LogP contribution in [0.1, 0.15) is 40.0 Å². The highest BCUT2D eigenvalue weighted by Crippen LogP contribution is 2.18. The van der Waals surface area contributed by atoms with Crippen molar-refractivity contribution in [3.05, 3.63) is 95.1 Å². The second-order valence-corrected chi connectivity index (χ2v) is 7.32. The number of carbonyl (C=O) groups excluding carboxylic acids is 1.